The Bertz CT molecular complexity index is 1410. The summed E-state index contributed by atoms with van der Waals surface area (Å²) in [6, 6.07) is 12.6. The molecule has 2 aromatic heterocycles. The molecular formula is C26H28ClFN6OS. The molecule has 10 heteroatoms. The predicted octanol–water partition coefficient (Wildman–Crippen LogP) is 6.02. The van der Waals surface area contributed by atoms with Crippen molar-refractivity contribution in [3.05, 3.63) is 87.2 Å². The lowest BCUT2D eigenvalue weighted by atomic mass is 10.2. The molecule has 0 radical (unpaired) electrons. The Morgan fingerprint density at radius 2 is 1.53 bits per heavy atom. The van der Waals surface area contributed by atoms with Crippen LogP contribution in [0.4, 0.5) is 15.8 Å². The molecule has 7 nitrogen and oxygen atoms in total. The maximum absolute atomic E-state index is 14.3. The molecule has 0 bridgehead atoms. The van der Waals surface area contributed by atoms with Crippen LogP contribution in [0.3, 0.4) is 0 Å². The van der Waals surface area contributed by atoms with Gasteiger partial charge in [-0.1, -0.05) is 29.8 Å². The highest BCUT2D eigenvalue weighted by Gasteiger charge is 2.18. The third kappa shape index (κ3) is 5.37. The number of anilines is 2. The number of methoxy groups -OCH3 is 1. The summed E-state index contributed by atoms with van der Waals surface area (Å²) < 4.78 is 23.3. The van der Waals surface area contributed by atoms with Crippen molar-refractivity contribution in [3.63, 3.8) is 0 Å². The van der Waals surface area contributed by atoms with E-state index in [1.54, 1.807) is 23.9 Å². The molecule has 2 N–H and O–H groups in total. The Hall–Kier alpha value is -3.43. The monoisotopic (exact) mass is 526 g/mol. The lowest BCUT2D eigenvalue weighted by Gasteiger charge is -2.12. The van der Waals surface area contributed by atoms with Gasteiger partial charge in [-0.3, -0.25) is 9.36 Å². The number of halogens is 2. The average Bonchev–Trinajstić information content (AvgIpc) is 3.25. The van der Waals surface area contributed by atoms with Crippen LogP contribution in [0.1, 0.15) is 33.9 Å². The zero-order valence-corrected chi connectivity index (χ0v) is 22.4. The van der Waals surface area contributed by atoms with Gasteiger partial charge in [-0.2, -0.15) is 10.2 Å². The summed E-state index contributed by atoms with van der Waals surface area (Å²) in [5.41, 5.74) is 6.43. The molecule has 0 aliphatic rings. The summed E-state index contributed by atoms with van der Waals surface area (Å²) in [7, 11) is 1.65. The Labute approximate surface area is 220 Å². The van der Waals surface area contributed by atoms with Gasteiger partial charge in [0.05, 0.1) is 54.3 Å². The smallest absolute Gasteiger partial charge is 0.175 e. The fraction of sp³-hybridized carbons (Fsp3) is 0.269. The average molecular weight is 527 g/mol. The van der Waals surface area contributed by atoms with Crippen molar-refractivity contribution < 1.29 is 9.13 Å². The van der Waals surface area contributed by atoms with Crippen molar-refractivity contribution in [2.24, 2.45) is 0 Å². The third-order valence-corrected chi connectivity index (χ3v) is 6.63. The van der Waals surface area contributed by atoms with Gasteiger partial charge < -0.3 is 15.4 Å². The topological polar surface area (TPSA) is 68.9 Å². The van der Waals surface area contributed by atoms with E-state index in [1.165, 1.54) is 6.07 Å². The molecule has 4 aromatic rings. The van der Waals surface area contributed by atoms with Crippen molar-refractivity contribution in [2.75, 3.05) is 17.7 Å². The Morgan fingerprint density at radius 1 is 0.944 bits per heavy atom. The van der Waals surface area contributed by atoms with E-state index in [4.69, 9.17) is 28.6 Å². The normalized spacial score (nSPS) is 11.0. The van der Waals surface area contributed by atoms with E-state index in [1.807, 2.05) is 56.6 Å². The van der Waals surface area contributed by atoms with Crippen LogP contribution in [0, 0.1) is 33.5 Å². The van der Waals surface area contributed by atoms with Crippen LogP contribution in [0.25, 0.3) is 0 Å². The number of rotatable bonds is 7. The summed E-state index contributed by atoms with van der Waals surface area (Å²) in [5.74, 6) is 0.444. The number of nitrogens with one attached hydrogen (secondary N) is 2. The molecule has 0 spiro atoms. The minimum absolute atomic E-state index is 0.218. The van der Waals surface area contributed by atoms with Crippen LogP contribution in [-0.2, 0) is 13.1 Å². The lowest BCUT2D eigenvalue weighted by Crippen LogP contribution is -2.21. The summed E-state index contributed by atoms with van der Waals surface area (Å²) in [4.78, 5) is 0. The molecule has 0 saturated carbocycles. The first kappa shape index (κ1) is 25.7. The van der Waals surface area contributed by atoms with E-state index in [2.05, 4.69) is 20.8 Å². The van der Waals surface area contributed by atoms with Crippen molar-refractivity contribution in [1.29, 1.82) is 0 Å². The first-order valence-electron chi connectivity index (χ1n) is 11.4. The second-order valence-electron chi connectivity index (χ2n) is 8.54. The van der Waals surface area contributed by atoms with Gasteiger partial charge in [0.1, 0.15) is 11.6 Å². The maximum atomic E-state index is 14.3. The highest BCUT2D eigenvalue weighted by molar-refractivity contribution is 7.80. The Morgan fingerprint density at radius 3 is 2.11 bits per heavy atom. The van der Waals surface area contributed by atoms with E-state index in [9.17, 15) is 4.39 Å². The molecule has 0 atom stereocenters. The quantitative estimate of drug-likeness (QED) is 0.287. The summed E-state index contributed by atoms with van der Waals surface area (Å²) in [5, 5.41) is 16.6. The highest BCUT2D eigenvalue weighted by Crippen LogP contribution is 2.26. The predicted molar refractivity (Wildman–Crippen MR) is 146 cm³/mol. The first-order chi connectivity index (χ1) is 17.2. The highest BCUT2D eigenvalue weighted by atomic mass is 35.5. The van der Waals surface area contributed by atoms with E-state index >= 15 is 0 Å². The summed E-state index contributed by atoms with van der Waals surface area (Å²) >= 11 is 11.8. The van der Waals surface area contributed by atoms with Crippen LogP contribution in [0.5, 0.6) is 5.75 Å². The number of nitrogens with zero attached hydrogens (tertiary/aromatic N) is 4. The van der Waals surface area contributed by atoms with Gasteiger partial charge in [0.2, 0.25) is 0 Å². The van der Waals surface area contributed by atoms with E-state index in [0.29, 0.717) is 22.2 Å². The molecular weight excluding hydrogens is 499 g/mol. The third-order valence-electron chi connectivity index (χ3n) is 6.08. The molecule has 188 valence electrons. The van der Waals surface area contributed by atoms with Gasteiger partial charge in [0, 0.05) is 10.6 Å². The fourth-order valence-electron chi connectivity index (χ4n) is 4.10. The fourth-order valence-corrected chi connectivity index (χ4v) is 4.53. The molecule has 0 aliphatic heterocycles. The molecule has 4 rings (SSSR count). The van der Waals surface area contributed by atoms with Crippen LogP contribution in [0.15, 0.2) is 42.5 Å². The molecule has 0 unspecified atom stereocenters. The number of benzene rings is 2. The number of thiocarbonyl (C=S) groups is 1. The van der Waals surface area contributed by atoms with Crippen molar-refractivity contribution >= 4 is 40.3 Å². The van der Waals surface area contributed by atoms with Gasteiger partial charge in [-0.05, 0) is 69.7 Å². The van der Waals surface area contributed by atoms with Crippen molar-refractivity contribution in [1.82, 2.24) is 19.6 Å². The van der Waals surface area contributed by atoms with Gasteiger partial charge in [0.25, 0.3) is 0 Å². The second-order valence-corrected chi connectivity index (χ2v) is 9.35. The van der Waals surface area contributed by atoms with Gasteiger partial charge in [-0.15, -0.1) is 0 Å². The minimum Gasteiger partial charge on any atom is -0.497 e. The molecule has 36 heavy (non-hydrogen) atoms. The molecule has 0 fully saturated rings. The van der Waals surface area contributed by atoms with E-state index < -0.39 is 0 Å². The number of ether oxygens (including phenoxy) is 1. The van der Waals surface area contributed by atoms with Crippen LogP contribution in [-0.4, -0.2) is 31.8 Å². The van der Waals surface area contributed by atoms with Crippen LogP contribution >= 0.6 is 23.8 Å². The first-order valence-corrected chi connectivity index (χ1v) is 12.2. The summed E-state index contributed by atoms with van der Waals surface area (Å²) in [6.07, 6.45) is 0. The largest absolute Gasteiger partial charge is 0.497 e. The molecule has 2 aromatic carbocycles. The number of hydrogen-bond acceptors (Lipinski definition) is 4. The Kier molecular flexibility index (Phi) is 7.61. The minimum atomic E-state index is -0.362. The lowest BCUT2D eigenvalue weighted by molar-refractivity contribution is 0.414. The SMILES string of the molecule is COc1cccc(Cn2nc(C)c(NC(=S)Nc3c(C)nn(Cc4c(F)cccc4Cl)c3C)c2C)c1. The zero-order chi connectivity index (χ0) is 26.0. The standard InChI is InChI=1S/C26H28ClFN6OS/c1-15-24(17(3)33(31-15)13-19-8-6-9-20(12-19)35-5)29-26(36)30-25-16(2)32-34(18(25)4)14-21-22(27)10-7-11-23(21)28/h6-12H,13-14H2,1-5H3,(H2,29,30,36). The van der Waals surface area contributed by atoms with Crippen molar-refractivity contribution in [3.8, 4) is 5.75 Å². The molecule has 2 heterocycles. The van der Waals surface area contributed by atoms with Crippen LogP contribution in [0.2, 0.25) is 5.02 Å². The second kappa shape index (κ2) is 10.7. The van der Waals surface area contributed by atoms with E-state index in [0.717, 1.165) is 45.5 Å². The van der Waals surface area contributed by atoms with Crippen LogP contribution < -0.4 is 15.4 Å². The summed E-state index contributed by atoms with van der Waals surface area (Å²) in [6.45, 7) is 8.54. The number of aryl methyl sites for hydroxylation is 2. The van der Waals surface area contributed by atoms with Gasteiger partial charge in [-0.25, -0.2) is 4.39 Å². The number of hydrogen-bond donors (Lipinski definition) is 2. The maximum Gasteiger partial charge on any atom is 0.175 e. The Balaban J connectivity index is 1.49. The molecule has 0 saturated heterocycles. The molecule has 0 amide bonds. The van der Waals surface area contributed by atoms with Gasteiger partial charge in [0.15, 0.2) is 5.11 Å². The number of aromatic nitrogens is 4. The molecule has 0 aliphatic carbocycles. The van der Waals surface area contributed by atoms with Gasteiger partial charge >= 0.3 is 0 Å². The zero-order valence-electron chi connectivity index (χ0n) is 20.8. The van der Waals surface area contributed by atoms with Crippen molar-refractivity contribution in [2.45, 2.75) is 40.8 Å². The van der Waals surface area contributed by atoms with E-state index in [-0.39, 0.29) is 12.4 Å².